The molecule has 1 atom stereocenters. The third-order valence-electron chi connectivity index (χ3n) is 5.66. The van der Waals surface area contributed by atoms with Crippen LogP contribution in [-0.2, 0) is 14.3 Å². The molecule has 1 unspecified atom stereocenters. The van der Waals surface area contributed by atoms with Crippen molar-refractivity contribution >= 4 is 28.8 Å². The number of imidazole rings is 1. The van der Waals surface area contributed by atoms with Crippen LogP contribution in [0.15, 0.2) is 36.8 Å². The van der Waals surface area contributed by atoms with Crippen molar-refractivity contribution in [1.29, 1.82) is 0 Å². The molecule has 4 rings (SSSR count). The summed E-state index contributed by atoms with van der Waals surface area (Å²) >= 11 is 0. The highest BCUT2D eigenvalue weighted by molar-refractivity contribution is 5.72. The van der Waals surface area contributed by atoms with Gasteiger partial charge >= 0.3 is 5.97 Å². The van der Waals surface area contributed by atoms with Gasteiger partial charge in [-0.05, 0) is 56.4 Å². The summed E-state index contributed by atoms with van der Waals surface area (Å²) in [6.07, 6.45) is 11.0. The van der Waals surface area contributed by atoms with Crippen LogP contribution >= 0.6 is 0 Å². The van der Waals surface area contributed by atoms with Gasteiger partial charge in [0, 0.05) is 18.7 Å². The number of unbranched alkanes of at least 4 members (excludes halogenated alkanes) is 3. The third kappa shape index (κ3) is 6.41. The molecular weight excluding hydrogens is 422 g/mol. The van der Waals surface area contributed by atoms with E-state index in [0.717, 1.165) is 74.2 Å². The Bertz CT molecular complexity index is 1030. The lowest BCUT2D eigenvalue weighted by atomic mass is 10.1. The van der Waals surface area contributed by atoms with Crippen LogP contribution in [0.4, 0.5) is 11.6 Å². The molecule has 1 fully saturated rings. The fourth-order valence-corrected chi connectivity index (χ4v) is 3.82. The summed E-state index contributed by atoms with van der Waals surface area (Å²) in [6, 6.07) is 7.75. The number of fused-ring (bicyclic) bond motifs is 1. The van der Waals surface area contributed by atoms with Crippen LogP contribution in [0.1, 0.15) is 57.6 Å². The number of carbonyl (C=O) groups is 1. The highest BCUT2D eigenvalue weighted by Crippen LogP contribution is 2.26. The molecule has 0 amide bonds. The summed E-state index contributed by atoms with van der Waals surface area (Å²) in [4.78, 5) is 24.5. The van der Waals surface area contributed by atoms with E-state index < -0.39 is 0 Å². The zero-order chi connectivity index (χ0) is 22.9. The Balaban J connectivity index is 1.26. The van der Waals surface area contributed by atoms with Crippen molar-refractivity contribution in [3.63, 3.8) is 0 Å². The highest BCUT2D eigenvalue weighted by atomic mass is 16.5. The summed E-state index contributed by atoms with van der Waals surface area (Å²) in [6.45, 7) is 1.42. The molecule has 1 N–H and O–H groups in total. The Morgan fingerprint density at radius 2 is 2.00 bits per heavy atom. The molecule has 3 aromatic rings. The molecule has 1 aliphatic rings. The average Bonchev–Trinajstić information content (AvgIpc) is 3.28. The normalized spacial score (nSPS) is 16.0. The van der Waals surface area contributed by atoms with Crippen LogP contribution in [0.2, 0.25) is 0 Å². The van der Waals surface area contributed by atoms with Crippen LogP contribution < -0.4 is 10.1 Å². The van der Waals surface area contributed by atoms with E-state index in [1.165, 1.54) is 7.11 Å². The van der Waals surface area contributed by atoms with Crippen molar-refractivity contribution < 1.29 is 19.0 Å². The van der Waals surface area contributed by atoms with Crippen molar-refractivity contribution in [3.05, 3.63) is 36.8 Å². The largest absolute Gasteiger partial charge is 0.494 e. The topological polar surface area (TPSA) is 100 Å². The molecule has 3 heterocycles. The fourth-order valence-electron chi connectivity index (χ4n) is 3.82. The lowest BCUT2D eigenvalue weighted by molar-refractivity contribution is -0.140. The van der Waals surface area contributed by atoms with Gasteiger partial charge in [0.15, 0.2) is 5.65 Å². The van der Waals surface area contributed by atoms with Crippen LogP contribution in [0.3, 0.4) is 0 Å². The summed E-state index contributed by atoms with van der Waals surface area (Å²) in [5, 5.41) is 3.25. The minimum Gasteiger partial charge on any atom is -0.494 e. The van der Waals surface area contributed by atoms with E-state index in [1.54, 1.807) is 12.5 Å². The van der Waals surface area contributed by atoms with Crippen LogP contribution in [0, 0.1) is 0 Å². The first-order chi connectivity index (χ1) is 16.2. The zero-order valence-corrected chi connectivity index (χ0v) is 19.0. The maximum atomic E-state index is 11.1. The smallest absolute Gasteiger partial charge is 0.305 e. The second kappa shape index (κ2) is 11.6. The SMILES string of the molecule is COC(=O)CCCCCCOc1ccc(Nc2ncc3ncn(C4CCCCO4)c3n2)cc1. The first-order valence-electron chi connectivity index (χ1n) is 11.6. The van der Waals surface area contributed by atoms with E-state index in [9.17, 15) is 4.79 Å². The van der Waals surface area contributed by atoms with E-state index in [2.05, 4.69) is 25.0 Å². The van der Waals surface area contributed by atoms with Crippen molar-refractivity contribution in [2.24, 2.45) is 0 Å². The number of benzene rings is 1. The first-order valence-corrected chi connectivity index (χ1v) is 11.6. The molecule has 0 radical (unpaired) electrons. The van der Waals surface area contributed by atoms with Gasteiger partial charge < -0.3 is 19.5 Å². The van der Waals surface area contributed by atoms with Gasteiger partial charge in [-0.25, -0.2) is 9.97 Å². The summed E-state index contributed by atoms with van der Waals surface area (Å²) in [5.41, 5.74) is 2.40. The van der Waals surface area contributed by atoms with Gasteiger partial charge in [-0.1, -0.05) is 12.8 Å². The molecule has 1 saturated heterocycles. The average molecular weight is 454 g/mol. The lowest BCUT2D eigenvalue weighted by Crippen LogP contribution is -2.17. The van der Waals surface area contributed by atoms with E-state index in [-0.39, 0.29) is 12.2 Å². The number of hydrogen-bond acceptors (Lipinski definition) is 8. The number of esters is 1. The molecule has 0 spiro atoms. The predicted octanol–water partition coefficient (Wildman–Crippen LogP) is 4.77. The van der Waals surface area contributed by atoms with Crippen LogP contribution in [0.5, 0.6) is 5.75 Å². The quantitative estimate of drug-likeness (QED) is 0.327. The number of nitrogens with one attached hydrogen (secondary N) is 1. The number of methoxy groups -OCH3 is 1. The third-order valence-corrected chi connectivity index (χ3v) is 5.66. The minimum atomic E-state index is -0.144. The van der Waals surface area contributed by atoms with Crippen molar-refractivity contribution in [1.82, 2.24) is 19.5 Å². The Morgan fingerprint density at radius 1 is 1.15 bits per heavy atom. The Labute approximate surface area is 193 Å². The van der Waals surface area contributed by atoms with Gasteiger partial charge in [0.2, 0.25) is 5.95 Å². The van der Waals surface area contributed by atoms with E-state index in [0.29, 0.717) is 19.0 Å². The fraction of sp³-hybridized carbons (Fsp3) is 0.500. The molecule has 0 bridgehead atoms. The molecule has 9 heteroatoms. The van der Waals surface area contributed by atoms with Gasteiger partial charge in [0.1, 0.15) is 17.5 Å². The minimum absolute atomic E-state index is 0.0178. The zero-order valence-electron chi connectivity index (χ0n) is 19.0. The van der Waals surface area contributed by atoms with Crippen LogP contribution in [-0.4, -0.2) is 45.8 Å². The molecule has 9 nitrogen and oxygen atoms in total. The van der Waals surface area contributed by atoms with Gasteiger partial charge in [-0.15, -0.1) is 0 Å². The van der Waals surface area contributed by atoms with Crippen molar-refractivity contribution in [2.75, 3.05) is 25.6 Å². The Hall–Kier alpha value is -3.20. The number of anilines is 2. The van der Waals surface area contributed by atoms with E-state index in [4.69, 9.17) is 9.47 Å². The lowest BCUT2D eigenvalue weighted by Gasteiger charge is -2.23. The Kier molecular flexibility index (Phi) is 8.08. The van der Waals surface area contributed by atoms with Gasteiger partial charge in [-0.2, -0.15) is 4.98 Å². The van der Waals surface area contributed by atoms with Crippen LogP contribution in [0.25, 0.3) is 11.2 Å². The number of carbonyl (C=O) groups excluding carboxylic acids is 1. The highest BCUT2D eigenvalue weighted by Gasteiger charge is 2.19. The second-order valence-electron chi connectivity index (χ2n) is 8.11. The second-order valence-corrected chi connectivity index (χ2v) is 8.11. The number of hydrogen-bond donors (Lipinski definition) is 1. The van der Waals surface area contributed by atoms with Crippen molar-refractivity contribution in [3.8, 4) is 5.75 Å². The van der Waals surface area contributed by atoms with E-state index >= 15 is 0 Å². The first kappa shape index (κ1) is 23.0. The summed E-state index contributed by atoms with van der Waals surface area (Å²) in [7, 11) is 1.42. The number of ether oxygens (including phenoxy) is 3. The molecule has 33 heavy (non-hydrogen) atoms. The van der Waals surface area contributed by atoms with Gasteiger partial charge in [-0.3, -0.25) is 9.36 Å². The molecular formula is C24H31N5O4. The van der Waals surface area contributed by atoms with Crippen molar-refractivity contribution in [2.45, 2.75) is 57.6 Å². The summed E-state index contributed by atoms with van der Waals surface area (Å²) in [5.74, 6) is 1.19. The maximum absolute atomic E-state index is 11.1. The number of aromatic nitrogens is 4. The number of rotatable bonds is 11. The maximum Gasteiger partial charge on any atom is 0.305 e. The van der Waals surface area contributed by atoms with E-state index in [1.807, 2.05) is 28.8 Å². The molecule has 1 aliphatic heterocycles. The molecule has 176 valence electrons. The monoisotopic (exact) mass is 453 g/mol. The predicted molar refractivity (Wildman–Crippen MR) is 124 cm³/mol. The van der Waals surface area contributed by atoms with Gasteiger partial charge in [0.05, 0.1) is 26.2 Å². The standard InChI is InChI=1S/C24H31N5O4/c1-31-22(30)9-4-2-3-6-14-32-19-12-10-18(11-13-19)27-24-25-16-20-23(28-24)29(17-26-20)21-8-5-7-15-33-21/h10-13,16-17,21H,2-9,14-15H2,1H3,(H,25,27,28). The molecule has 0 saturated carbocycles. The molecule has 1 aromatic carbocycles. The Morgan fingerprint density at radius 3 is 2.79 bits per heavy atom. The molecule has 0 aliphatic carbocycles. The summed E-state index contributed by atoms with van der Waals surface area (Å²) < 4.78 is 18.3. The van der Waals surface area contributed by atoms with Gasteiger partial charge in [0.25, 0.3) is 0 Å². The number of nitrogens with zero attached hydrogens (tertiary/aromatic N) is 4. The molecule has 2 aromatic heterocycles.